The second-order valence-corrected chi connectivity index (χ2v) is 5.05. The Morgan fingerprint density at radius 2 is 2.06 bits per heavy atom. The van der Waals surface area contributed by atoms with Crippen molar-refractivity contribution in [3.63, 3.8) is 0 Å². The Labute approximate surface area is 96.2 Å². The normalized spacial score (nSPS) is 11.6. The van der Waals surface area contributed by atoms with E-state index < -0.39 is 16.6 Å². The van der Waals surface area contributed by atoms with Crippen LogP contribution in [-0.4, -0.2) is 21.3 Å². The molecular weight excluding hydrogens is 264 g/mol. The third-order valence-corrected chi connectivity index (χ3v) is 2.35. The van der Waals surface area contributed by atoms with Crippen LogP contribution in [0.25, 0.3) is 0 Å². The summed E-state index contributed by atoms with van der Waals surface area (Å²) in [6.45, 7) is -2.98. The first-order chi connectivity index (χ1) is 7.28. The van der Waals surface area contributed by atoms with Crippen molar-refractivity contribution < 1.29 is 21.9 Å². The highest BCUT2D eigenvalue weighted by atomic mass is 35.5. The molecule has 0 heterocycles. The summed E-state index contributed by atoms with van der Waals surface area (Å²) in [6, 6.07) is 3.60. The number of benzene rings is 1. The first kappa shape index (κ1) is 13.0. The van der Waals surface area contributed by atoms with Crippen molar-refractivity contribution in [3.05, 3.63) is 23.2 Å². The van der Waals surface area contributed by atoms with Gasteiger partial charge >= 0.3 is 6.61 Å². The monoisotopic (exact) mass is 271 g/mol. The summed E-state index contributed by atoms with van der Waals surface area (Å²) in [5, 5.41) is -0.103. The number of nitrogens with one attached hydrogen (secondary N) is 1. The second-order valence-electron chi connectivity index (χ2n) is 2.90. The van der Waals surface area contributed by atoms with E-state index in [1.807, 2.05) is 0 Å². The van der Waals surface area contributed by atoms with Crippen molar-refractivity contribution in [2.45, 2.75) is 6.61 Å². The molecule has 1 aromatic carbocycles. The van der Waals surface area contributed by atoms with Gasteiger partial charge in [-0.3, -0.25) is 4.72 Å². The Balaban J connectivity index is 2.91. The van der Waals surface area contributed by atoms with E-state index >= 15 is 0 Å². The van der Waals surface area contributed by atoms with Gasteiger partial charge < -0.3 is 4.74 Å². The second kappa shape index (κ2) is 4.84. The first-order valence-corrected chi connectivity index (χ1v) is 6.27. The maximum absolute atomic E-state index is 11.9. The highest BCUT2D eigenvalue weighted by Gasteiger charge is 2.10. The summed E-state index contributed by atoms with van der Waals surface area (Å²) < 4.78 is 51.7. The summed E-state index contributed by atoms with van der Waals surface area (Å²) in [6.07, 6.45) is 0.963. The van der Waals surface area contributed by atoms with Gasteiger partial charge in [-0.15, -0.1) is 0 Å². The molecule has 0 saturated heterocycles. The molecule has 0 bridgehead atoms. The fourth-order valence-electron chi connectivity index (χ4n) is 0.970. The van der Waals surface area contributed by atoms with Gasteiger partial charge in [-0.05, 0) is 18.2 Å². The standard InChI is InChI=1S/C8H8ClF2NO3S/c1-16(13,14)12-5-2-3-7(6(9)4-5)15-8(10)11/h2-4,8,12H,1H3. The van der Waals surface area contributed by atoms with E-state index in [2.05, 4.69) is 9.46 Å². The SMILES string of the molecule is CS(=O)(=O)Nc1ccc(OC(F)F)c(Cl)c1. The van der Waals surface area contributed by atoms with Crippen molar-refractivity contribution >= 4 is 27.3 Å². The van der Waals surface area contributed by atoms with Crippen LogP contribution in [0.5, 0.6) is 5.75 Å². The minimum Gasteiger partial charge on any atom is -0.433 e. The lowest BCUT2D eigenvalue weighted by Crippen LogP contribution is -2.09. The molecule has 0 saturated carbocycles. The zero-order valence-corrected chi connectivity index (χ0v) is 9.65. The largest absolute Gasteiger partial charge is 0.433 e. The van der Waals surface area contributed by atoms with Crippen LogP contribution < -0.4 is 9.46 Å². The summed E-state index contributed by atoms with van der Waals surface area (Å²) in [4.78, 5) is 0. The number of hydrogen-bond acceptors (Lipinski definition) is 3. The fourth-order valence-corrected chi connectivity index (χ4v) is 1.75. The van der Waals surface area contributed by atoms with E-state index in [1.165, 1.54) is 12.1 Å². The minimum absolute atomic E-state index is 0.103. The number of hydrogen-bond donors (Lipinski definition) is 1. The van der Waals surface area contributed by atoms with Gasteiger partial charge in [-0.1, -0.05) is 11.6 Å². The zero-order valence-electron chi connectivity index (χ0n) is 8.08. The number of rotatable bonds is 4. The van der Waals surface area contributed by atoms with Crippen LogP contribution in [0, 0.1) is 0 Å². The number of sulfonamides is 1. The van der Waals surface area contributed by atoms with Crippen LogP contribution in [0.1, 0.15) is 0 Å². The Bertz CT molecular complexity index is 478. The molecule has 0 aliphatic carbocycles. The Morgan fingerprint density at radius 3 is 2.50 bits per heavy atom. The minimum atomic E-state index is -3.43. The van der Waals surface area contributed by atoms with Crippen molar-refractivity contribution in [1.82, 2.24) is 0 Å². The molecule has 0 unspecified atom stereocenters. The van der Waals surface area contributed by atoms with Gasteiger partial charge in [0.2, 0.25) is 10.0 Å². The molecule has 0 amide bonds. The average Bonchev–Trinajstić information content (AvgIpc) is 2.06. The van der Waals surface area contributed by atoms with Crippen molar-refractivity contribution in [1.29, 1.82) is 0 Å². The number of ether oxygens (including phenoxy) is 1. The molecule has 8 heteroatoms. The van der Waals surface area contributed by atoms with Gasteiger partial charge in [0.25, 0.3) is 0 Å². The summed E-state index contributed by atoms with van der Waals surface area (Å²) in [5.74, 6) is -0.212. The van der Waals surface area contributed by atoms with Crippen LogP contribution in [-0.2, 0) is 10.0 Å². The van der Waals surface area contributed by atoms with Crippen LogP contribution >= 0.6 is 11.6 Å². The third kappa shape index (κ3) is 4.19. The maximum atomic E-state index is 11.9. The highest BCUT2D eigenvalue weighted by molar-refractivity contribution is 7.92. The predicted octanol–water partition coefficient (Wildman–Crippen LogP) is 2.31. The molecule has 0 spiro atoms. The van der Waals surface area contributed by atoms with E-state index in [-0.39, 0.29) is 16.5 Å². The zero-order chi connectivity index (χ0) is 12.3. The van der Waals surface area contributed by atoms with E-state index in [0.29, 0.717) is 0 Å². The van der Waals surface area contributed by atoms with E-state index in [4.69, 9.17) is 11.6 Å². The average molecular weight is 272 g/mol. The molecule has 0 atom stereocenters. The summed E-state index contributed by atoms with van der Waals surface area (Å²) in [5.41, 5.74) is 0.175. The lowest BCUT2D eigenvalue weighted by molar-refractivity contribution is -0.0497. The van der Waals surface area contributed by atoms with Crippen LogP contribution in [0.4, 0.5) is 14.5 Å². The van der Waals surface area contributed by atoms with Crippen molar-refractivity contribution in [3.8, 4) is 5.75 Å². The van der Waals surface area contributed by atoms with Gasteiger partial charge in [0.1, 0.15) is 5.75 Å². The first-order valence-electron chi connectivity index (χ1n) is 4.00. The topological polar surface area (TPSA) is 55.4 Å². The Morgan fingerprint density at radius 1 is 1.44 bits per heavy atom. The van der Waals surface area contributed by atoms with Crippen molar-refractivity contribution in [2.24, 2.45) is 0 Å². The number of anilines is 1. The van der Waals surface area contributed by atoms with Crippen LogP contribution in [0.3, 0.4) is 0 Å². The predicted molar refractivity (Wildman–Crippen MR) is 56.6 cm³/mol. The van der Waals surface area contributed by atoms with Crippen molar-refractivity contribution in [2.75, 3.05) is 11.0 Å². The summed E-state index contributed by atoms with van der Waals surface area (Å²) in [7, 11) is -3.43. The quantitative estimate of drug-likeness (QED) is 0.914. The molecule has 1 rings (SSSR count). The molecule has 1 N–H and O–H groups in total. The van der Waals surface area contributed by atoms with E-state index in [1.54, 1.807) is 0 Å². The Kier molecular flexibility index (Phi) is 3.93. The van der Waals surface area contributed by atoms with Gasteiger partial charge in [-0.25, -0.2) is 8.42 Å². The fraction of sp³-hybridized carbons (Fsp3) is 0.250. The molecule has 0 aliphatic rings. The molecule has 90 valence electrons. The Hall–Kier alpha value is -1.08. The van der Waals surface area contributed by atoms with Crippen LogP contribution in [0.2, 0.25) is 5.02 Å². The molecular formula is C8H8ClF2NO3S. The highest BCUT2D eigenvalue weighted by Crippen LogP contribution is 2.29. The lowest BCUT2D eigenvalue weighted by atomic mass is 10.3. The molecule has 0 radical (unpaired) electrons. The molecule has 0 aliphatic heterocycles. The number of alkyl halides is 2. The van der Waals surface area contributed by atoms with Gasteiger partial charge in [0, 0.05) is 0 Å². The van der Waals surface area contributed by atoms with Gasteiger partial charge in [-0.2, -0.15) is 8.78 Å². The molecule has 0 fully saturated rings. The molecule has 4 nitrogen and oxygen atoms in total. The molecule has 1 aromatic rings. The van der Waals surface area contributed by atoms with E-state index in [0.717, 1.165) is 12.3 Å². The summed E-state index contributed by atoms with van der Waals surface area (Å²) >= 11 is 5.61. The maximum Gasteiger partial charge on any atom is 0.387 e. The van der Waals surface area contributed by atoms with E-state index in [9.17, 15) is 17.2 Å². The van der Waals surface area contributed by atoms with Crippen LogP contribution in [0.15, 0.2) is 18.2 Å². The third-order valence-electron chi connectivity index (χ3n) is 1.45. The van der Waals surface area contributed by atoms with Gasteiger partial charge in [0.15, 0.2) is 0 Å². The molecule has 16 heavy (non-hydrogen) atoms. The lowest BCUT2D eigenvalue weighted by Gasteiger charge is -2.08. The molecule has 0 aromatic heterocycles. The smallest absolute Gasteiger partial charge is 0.387 e. The number of halogens is 3. The van der Waals surface area contributed by atoms with Gasteiger partial charge in [0.05, 0.1) is 17.0 Å².